The summed E-state index contributed by atoms with van der Waals surface area (Å²) in [5.41, 5.74) is 2.89. The first-order valence-electron chi connectivity index (χ1n) is 10.2. The molecule has 0 saturated carbocycles. The number of Topliss-reactive ketones (excluding diaryl/α,β-unsaturated/α-hetero) is 1. The minimum absolute atomic E-state index is 0. The van der Waals surface area contributed by atoms with E-state index in [1.54, 1.807) is 18.2 Å². The molecule has 3 aromatic carbocycles. The summed E-state index contributed by atoms with van der Waals surface area (Å²) >= 11 is 0. The minimum Gasteiger partial charge on any atom is -0.453 e. The van der Waals surface area contributed by atoms with Crippen LogP contribution in [0.2, 0.25) is 0 Å². The molecule has 0 radical (unpaired) electrons. The minimum atomic E-state index is -0.291. The van der Waals surface area contributed by atoms with Crippen molar-refractivity contribution in [1.29, 1.82) is 0 Å². The van der Waals surface area contributed by atoms with Crippen LogP contribution < -0.4 is 14.8 Å². The Balaban J connectivity index is 0.00000341. The third-order valence-electron chi connectivity index (χ3n) is 4.70. The molecule has 0 aliphatic heterocycles. The van der Waals surface area contributed by atoms with Gasteiger partial charge in [-0.15, -0.1) is 12.4 Å². The molecule has 0 aromatic heterocycles. The predicted octanol–water partition coefficient (Wildman–Crippen LogP) is 6.88. The van der Waals surface area contributed by atoms with Gasteiger partial charge in [-0.1, -0.05) is 49.2 Å². The number of benzene rings is 3. The number of halogens is 1. The van der Waals surface area contributed by atoms with E-state index in [4.69, 9.17) is 9.47 Å². The van der Waals surface area contributed by atoms with E-state index in [2.05, 4.69) is 5.32 Å². The maximum atomic E-state index is 12.9. The summed E-state index contributed by atoms with van der Waals surface area (Å²) < 4.78 is 12.2. The lowest BCUT2D eigenvalue weighted by atomic mass is 10.0. The molecule has 0 amide bonds. The van der Waals surface area contributed by atoms with Crippen molar-refractivity contribution < 1.29 is 14.3 Å². The largest absolute Gasteiger partial charge is 0.453 e. The number of aryl methyl sites for hydroxylation is 2. The van der Waals surface area contributed by atoms with Crippen LogP contribution in [0.1, 0.15) is 42.3 Å². The molecule has 3 aromatic rings. The molecule has 0 heterocycles. The zero-order valence-electron chi connectivity index (χ0n) is 18.6. The number of rotatable bonds is 8. The Morgan fingerprint density at radius 2 is 1.23 bits per heavy atom. The molecular formula is C26H30ClNO3. The van der Waals surface area contributed by atoms with Crippen LogP contribution in [0.25, 0.3) is 0 Å². The number of carbonyl (C=O) groups is 1. The molecule has 0 aliphatic carbocycles. The topological polar surface area (TPSA) is 47.6 Å². The molecule has 3 rings (SSSR count). The fourth-order valence-electron chi connectivity index (χ4n) is 3.12. The molecule has 0 bridgehead atoms. The highest BCUT2D eigenvalue weighted by atomic mass is 35.5. The molecule has 0 spiro atoms. The Morgan fingerprint density at radius 1 is 0.742 bits per heavy atom. The highest BCUT2D eigenvalue weighted by Crippen LogP contribution is 2.36. The molecule has 4 nitrogen and oxygen atoms in total. The Bertz CT molecular complexity index is 998. The van der Waals surface area contributed by atoms with E-state index in [1.807, 2.05) is 83.1 Å². The Labute approximate surface area is 191 Å². The van der Waals surface area contributed by atoms with Crippen molar-refractivity contribution in [3.8, 4) is 23.0 Å². The predicted molar refractivity (Wildman–Crippen MR) is 128 cm³/mol. The molecule has 5 heteroatoms. The monoisotopic (exact) mass is 439 g/mol. The van der Waals surface area contributed by atoms with Crippen LogP contribution in [0.15, 0.2) is 66.7 Å². The van der Waals surface area contributed by atoms with Crippen molar-refractivity contribution in [3.63, 3.8) is 0 Å². The van der Waals surface area contributed by atoms with Crippen molar-refractivity contribution in [2.75, 3.05) is 0 Å². The van der Waals surface area contributed by atoms with Crippen LogP contribution in [-0.2, 0) is 0 Å². The number of ketones is 1. The van der Waals surface area contributed by atoms with E-state index < -0.39 is 0 Å². The van der Waals surface area contributed by atoms with Gasteiger partial charge in [0.05, 0.1) is 6.04 Å². The highest BCUT2D eigenvalue weighted by Gasteiger charge is 2.19. The van der Waals surface area contributed by atoms with E-state index >= 15 is 0 Å². The molecule has 0 saturated heterocycles. The molecule has 164 valence electrons. The van der Waals surface area contributed by atoms with Gasteiger partial charge in [-0.05, 0) is 63.2 Å². The van der Waals surface area contributed by atoms with Gasteiger partial charge in [-0.3, -0.25) is 4.79 Å². The summed E-state index contributed by atoms with van der Waals surface area (Å²) in [5, 5.41) is 3.25. The summed E-state index contributed by atoms with van der Waals surface area (Å²) in [5.74, 6) is 2.47. The van der Waals surface area contributed by atoms with E-state index in [9.17, 15) is 4.79 Å². The van der Waals surface area contributed by atoms with Gasteiger partial charge in [0.2, 0.25) is 0 Å². The van der Waals surface area contributed by atoms with Crippen LogP contribution in [0.4, 0.5) is 0 Å². The van der Waals surface area contributed by atoms with Crippen LogP contribution >= 0.6 is 12.4 Å². The third-order valence-corrected chi connectivity index (χ3v) is 4.70. The summed E-state index contributed by atoms with van der Waals surface area (Å²) in [7, 11) is 0. The third kappa shape index (κ3) is 6.84. The van der Waals surface area contributed by atoms with Gasteiger partial charge in [0.25, 0.3) is 0 Å². The van der Waals surface area contributed by atoms with Crippen molar-refractivity contribution in [2.45, 2.75) is 46.7 Å². The first-order chi connectivity index (χ1) is 14.3. The van der Waals surface area contributed by atoms with Gasteiger partial charge in [0, 0.05) is 11.6 Å². The smallest absolute Gasteiger partial charge is 0.179 e. The fourth-order valence-corrected chi connectivity index (χ4v) is 3.12. The molecule has 0 fully saturated rings. The Hall–Kier alpha value is -2.82. The number of hydrogen-bond donors (Lipinski definition) is 1. The zero-order valence-corrected chi connectivity index (χ0v) is 19.5. The van der Waals surface area contributed by atoms with Crippen LogP contribution in [0.3, 0.4) is 0 Å². The average Bonchev–Trinajstić information content (AvgIpc) is 2.71. The van der Waals surface area contributed by atoms with E-state index in [0.29, 0.717) is 28.6 Å². The van der Waals surface area contributed by atoms with Crippen molar-refractivity contribution in [2.24, 2.45) is 0 Å². The second-order valence-electron chi connectivity index (χ2n) is 7.90. The number of hydrogen-bond acceptors (Lipinski definition) is 4. The van der Waals surface area contributed by atoms with Crippen LogP contribution in [0, 0.1) is 13.8 Å². The number of carbonyl (C=O) groups excluding carboxylic acids is 1. The van der Waals surface area contributed by atoms with E-state index in [-0.39, 0.29) is 30.3 Å². The van der Waals surface area contributed by atoms with Gasteiger partial charge in [0.1, 0.15) is 11.5 Å². The van der Waals surface area contributed by atoms with Crippen molar-refractivity contribution in [3.05, 3.63) is 83.4 Å². The van der Waals surface area contributed by atoms with Crippen LogP contribution in [-0.4, -0.2) is 17.9 Å². The number of ether oxygens (including phenoxy) is 2. The maximum Gasteiger partial charge on any atom is 0.179 e. The van der Waals surface area contributed by atoms with Crippen molar-refractivity contribution >= 4 is 18.2 Å². The summed E-state index contributed by atoms with van der Waals surface area (Å²) in [4.78, 5) is 12.9. The molecule has 0 aliphatic rings. The lowest BCUT2D eigenvalue weighted by molar-refractivity contribution is 0.0946. The van der Waals surface area contributed by atoms with Gasteiger partial charge in [0.15, 0.2) is 17.3 Å². The van der Waals surface area contributed by atoms with Gasteiger partial charge >= 0.3 is 0 Å². The molecule has 1 atom stereocenters. The Kier molecular flexibility index (Phi) is 8.66. The van der Waals surface area contributed by atoms with Crippen LogP contribution in [0.5, 0.6) is 23.0 Å². The highest BCUT2D eigenvalue weighted by molar-refractivity contribution is 6.00. The Morgan fingerprint density at radius 3 is 1.71 bits per heavy atom. The summed E-state index contributed by atoms with van der Waals surface area (Å²) in [6, 6.07) is 20.9. The summed E-state index contributed by atoms with van der Waals surface area (Å²) in [6.07, 6.45) is 0. The molecule has 31 heavy (non-hydrogen) atoms. The average molecular weight is 440 g/mol. The van der Waals surface area contributed by atoms with E-state index in [0.717, 1.165) is 11.1 Å². The zero-order chi connectivity index (χ0) is 21.7. The van der Waals surface area contributed by atoms with Gasteiger partial charge in [-0.25, -0.2) is 0 Å². The van der Waals surface area contributed by atoms with E-state index in [1.165, 1.54) is 0 Å². The van der Waals surface area contributed by atoms with Gasteiger partial charge in [-0.2, -0.15) is 0 Å². The first kappa shape index (κ1) is 24.4. The maximum absolute atomic E-state index is 12.9. The lowest BCUT2D eigenvalue weighted by Gasteiger charge is -2.17. The molecule has 1 unspecified atom stereocenters. The van der Waals surface area contributed by atoms with Gasteiger partial charge < -0.3 is 14.8 Å². The SMILES string of the molecule is Cc1ccc(Oc2ccc(C(=O)C(C)NC(C)C)cc2Oc2ccc(C)cc2)cc1.Cl. The van der Waals surface area contributed by atoms with Crippen molar-refractivity contribution in [1.82, 2.24) is 5.32 Å². The second-order valence-corrected chi connectivity index (χ2v) is 7.90. The quantitative estimate of drug-likeness (QED) is 0.388. The normalized spacial score (nSPS) is 11.5. The molecule has 1 N–H and O–H groups in total. The standard InChI is InChI=1S/C26H29NO3.ClH/c1-17(2)27-20(5)26(28)21-10-15-24(29-22-11-6-18(3)7-12-22)25(16-21)30-23-13-8-19(4)9-14-23;/h6-17,20,27H,1-5H3;1H. The lowest BCUT2D eigenvalue weighted by Crippen LogP contribution is -2.38. The fraction of sp³-hybridized carbons (Fsp3) is 0.269. The second kappa shape index (κ2) is 11.0. The summed E-state index contributed by atoms with van der Waals surface area (Å²) in [6.45, 7) is 9.97. The molecular weight excluding hydrogens is 410 g/mol. The first-order valence-corrected chi connectivity index (χ1v) is 10.2. The number of nitrogens with one attached hydrogen (secondary N) is 1.